The first-order chi connectivity index (χ1) is 16.9. The van der Waals surface area contributed by atoms with E-state index in [1.807, 2.05) is 6.07 Å². The Morgan fingerprint density at radius 1 is 0.737 bits per heavy atom. The number of allylic oxidation sites excluding steroid dienone is 4. The third-order valence-electron chi connectivity index (χ3n) is 6.79. The van der Waals surface area contributed by atoms with E-state index < -0.39 is 0 Å². The van der Waals surface area contributed by atoms with Gasteiger partial charge in [0.05, 0.1) is 0 Å². The Labute approximate surface area is 258 Å². The van der Waals surface area contributed by atoms with Gasteiger partial charge in [-0.1, -0.05) is 127 Å². The number of rotatable bonds is 1. The van der Waals surface area contributed by atoms with Crippen LogP contribution in [-0.4, -0.2) is 4.21 Å². The molecule has 1 aliphatic carbocycles. The summed E-state index contributed by atoms with van der Waals surface area (Å²) in [6.07, 6.45) is 5.66. The SMILES string of the molecule is CC(C)(C)c1ccc2c(c1)[cH-]c1cc(C(C)(C)C)ccc12.CC1=[C-]C(C)C=C1c1ccccc1.[CH2]=[Zr+2].[Cl-].[Cl-]. The Balaban J connectivity index is 0.000000369. The molecule has 200 valence electrons. The molecule has 0 radical (unpaired) electrons. The van der Waals surface area contributed by atoms with E-state index in [0.717, 1.165) is 0 Å². The van der Waals surface area contributed by atoms with Crippen LogP contribution < -0.4 is 24.8 Å². The second-order valence-corrected chi connectivity index (χ2v) is 11.8. The van der Waals surface area contributed by atoms with Gasteiger partial charge in [-0.05, 0) is 10.8 Å². The van der Waals surface area contributed by atoms with Gasteiger partial charge < -0.3 is 24.8 Å². The van der Waals surface area contributed by atoms with Crippen LogP contribution in [-0.2, 0) is 35.1 Å². The van der Waals surface area contributed by atoms with Crippen LogP contribution in [0.3, 0.4) is 0 Å². The predicted molar refractivity (Wildman–Crippen MR) is 158 cm³/mol. The van der Waals surface area contributed by atoms with Gasteiger partial charge in [0.1, 0.15) is 0 Å². The first-order valence-electron chi connectivity index (χ1n) is 12.8. The Morgan fingerprint density at radius 2 is 1.18 bits per heavy atom. The molecule has 0 fully saturated rings. The maximum atomic E-state index is 3.39. The van der Waals surface area contributed by atoms with Crippen LogP contribution in [0.4, 0.5) is 0 Å². The maximum absolute atomic E-state index is 3.39. The summed E-state index contributed by atoms with van der Waals surface area (Å²) < 4.78 is 3.34. The van der Waals surface area contributed by atoms with E-state index in [1.165, 1.54) is 73.6 Å². The average molecular weight is 623 g/mol. The average Bonchev–Trinajstić information content (AvgIpc) is 3.38. The molecule has 0 spiro atoms. The molecule has 5 rings (SSSR count). The third kappa shape index (κ3) is 8.17. The van der Waals surface area contributed by atoms with E-state index in [0.29, 0.717) is 5.92 Å². The summed E-state index contributed by atoms with van der Waals surface area (Å²) in [5, 5.41) is 5.48. The van der Waals surface area contributed by atoms with Gasteiger partial charge in [0.15, 0.2) is 0 Å². The molecular weight excluding hydrogens is 583 g/mol. The van der Waals surface area contributed by atoms with Gasteiger partial charge in [0, 0.05) is 0 Å². The van der Waals surface area contributed by atoms with E-state index in [4.69, 9.17) is 0 Å². The normalized spacial score (nSPS) is 14.7. The van der Waals surface area contributed by atoms with E-state index in [2.05, 4.69) is 138 Å². The molecule has 0 amide bonds. The van der Waals surface area contributed by atoms with Crippen molar-refractivity contribution in [3.05, 3.63) is 107 Å². The molecule has 4 aromatic carbocycles. The molecule has 1 atom stereocenters. The first-order valence-corrected chi connectivity index (χ1v) is 14.5. The summed E-state index contributed by atoms with van der Waals surface area (Å²) in [7, 11) is 0. The number of hydrogen-bond acceptors (Lipinski definition) is 0. The molecule has 0 bridgehead atoms. The molecule has 0 heterocycles. The fourth-order valence-electron chi connectivity index (χ4n) is 4.72. The second kappa shape index (κ2) is 14.1. The van der Waals surface area contributed by atoms with Crippen LogP contribution in [0.1, 0.15) is 72.1 Å². The van der Waals surface area contributed by atoms with Crippen molar-refractivity contribution in [1.29, 1.82) is 0 Å². The van der Waals surface area contributed by atoms with Gasteiger partial charge in [0.25, 0.3) is 0 Å². The summed E-state index contributed by atoms with van der Waals surface area (Å²) in [5.41, 5.74) is 7.13. The van der Waals surface area contributed by atoms with Crippen molar-refractivity contribution in [3.8, 4) is 0 Å². The standard InChI is InChI=1S/C21H25.C13H13.CH2.2ClH.Zr/c1-20(2,3)16-7-9-18-14(12-16)11-15-13-17(21(4,5)6)8-10-19(15)18;1-10-8-11(2)13(9-10)12-6-4-3-5-7-12;;;;/h7-13H,1-6H3;3-7,9-10H,1-2H3;1H2;2*1H;/q2*-1;;;;+2/p-2. The van der Waals surface area contributed by atoms with Gasteiger partial charge >= 0.3 is 28.4 Å². The molecule has 0 N–H and O–H groups in total. The van der Waals surface area contributed by atoms with Gasteiger partial charge in [0.2, 0.25) is 0 Å². The molecule has 38 heavy (non-hydrogen) atoms. The van der Waals surface area contributed by atoms with E-state index >= 15 is 0 Å². The fourth-order valence-corrected chi connectivity index (χ4v) is 4.72. The summed E-state index contributed by atoms with van der Waals surface area (Å²) in [5.74, 6) is 0.468. The van der Waals surface area contributed by atoms with Crippen LogP contribution in [0.25, 0.3) is 27.1 Å². The molecule has 0 aromatic heterocycles. The van der Waals surface area contributed by atoms with Gasteiger partial charge in [-0.2, -0.15) is 11.6 Å². The molecule has 3 heteroatoms. The largest absolute Gasteiger partial charge is 1.00 e. The Morgan fingerprint density at radius 3 is 1.55 bits per heavy atom. The molecule has 0 aliphatic heterocycles. The zero-order valence-corrected chi connectivity index (χ0v) is 28.0. The van der Waals surface area contributed by atoms with E-state index in [-0.39, 0.29) is 35.6 Å². The fraction of sp³-hybridized carbons (Fsp3) is 0.314. The van der Waals surface area contributed by atoms with Crippen molar-refractivity contribution in [2.45, 2.75) is 66.2 Å². The van der Waals surface area contributed by atoms with Crippen LogP contribution in [0, 0.1) is 12.0 Å². The monoisotopic (exact) mass is 620 g/mol. The van der Waals surface area contributed by atoms with Gasteiger partial charge in [-0.3, -0.25) is 6.08 Å². The van der Waals surface area contributed by atoms with Crippen molar-refractivity contribution in [1.82, 2.24) is 0 Å². The summed E-state index contributed by atoms with van der Waals surface area (Å²) in [4.78, 5) is 0. The smallest absolute Gasteiger partial charge is 1.00 e. The van der Waals surface area contributed by atoms with Crippen molar-refractivity contribution in [2.75, 3.05) is 0 Å². The predicted octanol–water partition coefficient (Wildman–Crippen LogP) is 3.75. The number of benzene rings is 3. The quantitative estimate of drug-likeness (QED) is 0.284. The first kappa shape index (κ1) is 34.4. The molecule has 1 aliphatic rings. The van der Waals surface area contributed by atoms with Crippen molar-refractivity contribution in [3.63, 3.8) is 0 Å². The molecular formula is C35H40Cl2Zr-2. The molecule has 0 saturated carbocycles. The van der Waals surface area contributed by atoms with Gasteiger partial charge in [-0.25, -0.2) is 5.57 Å². The van der Waals surface area contributed by atoms with Crippen molar-refractivity contribution < 1.29 is 49.0 Å². The van der Waals surface area contributed by atoms with E-state index in [9.17, 15) is 0 Å². The summed E-state index contributed by atoms with van der Waals surface area (Å²) in [6, 6.07) is 26.7. The van der Waals surface area contributed by atoms with Crippen molar-refractivity contribution >= 4 is 31.3 Å². The van der Waals surface area contributed by atoms with Crippen LogP contribution in [0.2, 0.25) is 0 Å². The Hall–Kier alpha value is -1.66. The molecule has 0 nitrogen and oxygen atoms in total. The summed E-state index contributed by atoms with van der Waals surface area (Å²) >= 11 is 1.30. The molecule has 0 saturated heterocycles. The van der Waals surface area contributed by atoms with Crippen LogP contribution in [0.15, 0.2) is 84.4 Å². The zero-order chi connectivity index (χ0) is 26.7. The Bertz CT molecular complexity index is 1320. The molecule has 1 unspecified atom stereocenters. The third-order valence-corrected chi connectivity index (χ3v) is 6.79. The number of fused-ring (bicyclic) bond motifs is 3. The topological polar surface area (TPSA) is 0 Å². The second-order valence-electron chi connectivity index (χ2n) is 11.8. The Kier molecular flexibility index (Phi) is 12.8. The minimum absolute atomic E-state index is 0. The number of halogens is 2. The van der Waals surface area contributed by atoms with Gasteiger partial charge in [-0.15, -0.1) is 45.3 Å². The minimum Gasteiger partial charge on any atom is -1.00 e. The van der Waals surface area contributed by atoms with Crippen LogP contribution >= 0.6 is 0 Å². The van der Waals surface area contributed by atoms with Crippen LogP contribution in [0.5, 0.6) is 0 Å². The summed E-state index contributed by atoms with van der Waals surface area (Å²) in [6.45, 7) is 17.9. The molecule has 4 aromatic rings. The van der Waals surface area contributed by atoms with Crippen molar-refractivity contribution in [2.24, 2.45) is 5.92 Å². The number of hydrogen-bond donors (Lipinski definition) is 0. The van der Waals surface area contributed by atoms with E-state index in [1.54, 1.807) is 0 Å². The maximum Gasteiger partial charge on any atom is -1.00 e. The minimum atomic E-state index is 0. The zero-order valence-electron chi connectivity index (χ0n) is 24.0.